The first kappa shape index (κ1) is 16.0. The van der Waals surface area contributed by atoms with Crippen LogP contribution in [0.15, 0.2) is 36.9 Å². The Balaban J connectivity index is 2.00. The van der Waals surface area contributed by atoms with Crippen LogP contribution in [-0.4, -0.2) is 25.3 Å². The van der Waals surface area contributed by atoms with Crippen molar-refractivity contribution in [2.75, 3.05) is 13.2 Å². The molecule has 0 heterocycles. The van der Waals surface area contributed by atoms with Crippen LogP contribution >= 0.6 is 0 Å². The highest BCUT2D eigenvalue weighted by Gasteiger charge is 1.96. The molecule has 0 aliphatic heterocycles. The number of amides is 1. The van der Waals surface area contributed by atoms with E-state index in [0.29, 0.717) is 18.7 Å². The molecule has 20 heavy (non-hydrogen) atoms. The summed E-state index contributed by atoms with van der Waals surface area (Å²) in [6, 6.07) is 7.08. The highest BCUT2D eigenvalue weighted by Crippen LogP contribution is 2.11. The van der Waals surface area contributed by atoms with Crippen molar-refractivity contribution in [2.45, 2.75) is 25.7 Å². The Morgan fingerprint density at radius 3 is 2.50 bits per heavy atom. The third-order valence-electron chi connectivity index (χ3n) is 2.84. The molecule has 0 saturated carbocycles. The summed E-state index contributed by atoms with van der Waals surface area (Å²) >= 11 is 0. The second-order valence-electron chi connectivity index (χ2n) is 4.44. The van der Waals surface area contributed by atoms with Crippen molar-refractivity contribution in [1.82, 2.24) is 5.32 Å². The molecule has 108 valence electrons. The molecule has 4 nitrogen and oxygen atoms in total. The standard InChI is InChI=1S/C16H21NO3/c1-2-16(19)17-11-5-3-4-6-12-20-15-9-7-14(13-18)8-10-15/h2,7-10,13H,1,3-6,11-12H2,(H,17,19). The lowest BCUT2D eigenvalue weighted by atomic mass is 10.2. The van der Waals surface area contributed by atoms with Gasteiger partial charge in [-0.15, -0.1) is 0 Å². The molecule has 1 aromatic carbocycles. The van der Waals surface area contributed by atoms with E-state index >= 15 is 0 Å². The maximum Gasteiger partial charge on any atom is 0.243 e. The fourth-order valence-electron chi connectivity index (χ4n) is 1.70. The fraction of sp³-hybridized carbons (Fsp3) is 0.375. The Kier molecular flexibility index (Phi) is 7.80. The van der Waals surface area contributed by atoms with Gasteiger partial charge in [-0.2, -0.15) is 0 Å². The van der Waals surface area contributed by atoms with Gasteiger partial charge in [-0.1, -0.05) is 19.4 Å². The SMILES string of the molecule is C=CC(=O)NCCCCCCOc1ccc(C=O)cc1. The minimum absolute atomic E-state index is 0.118. The monoisotopic (exact) mass is 275 g/mol. The first-order valence-electron chi connectivity index (χ1n) is 6.84. The van der Waals surface area contributed by atoms with E-state index in [-0.39, 0.29) is 5.91 Å². The number of carbonyl (C=O) groups excluding carboxylic acids is 2. The van der Waals surface area contributed by atoms with Gasteiger partial charge in [0, 0.05) is 12.1 Å². The van der Waals surface area contributed by atoms with E-state index in [2.05, 4.69) is 11.9 Å². The molecule has 1 amide bonds. The van der Waals surface area contributed by atoms with E-state index in [9.17, 15) is 9.59 Å². The van der Waals surface area contributed by atoms with Gasteiger partial charge in [0.05, 0.1) is 6.61 Å². The first-order chi connectivity index (χ1) is 9.76. The Labute approximate surface area is 119 Å². The van der Waals surface area contributed by atoms with Crippen LogP contribution in [0.1, 0.15) is 36.0 Å². The van der Waals surface area contributed by atoms with Crippen molar-refractivity contribution >= 4 is 12.2 Å². The fourth-order valence-corrected chi connectivity index (χ4v) is 1.70. The van der Waals surface area contributed by atoms with E-state index in [1.807, 2.05) is 0 Å². The zero-order valence-corrected chi connectivity index (χ0v) is 11.6. The van der Waals surface area contributed by atoms with Gasteiger partial charge in [0.2, 0.25) is 5.91 Å². The Hall–Kier alpha value is -2.10. The summed E-state index contributed by atoms with van der Waals surface area (Å²) in [5.41, 5.74) is 0.652. The molecule has 0 spiro atoms. The van der Waals surface area contributed by atoms with Crippen LogP contribution in [-0.2, 0) is 4.79 Å². The Morgan fingerprint density at radius 2 is 1.85 bits per heavy atom. The van der Waals surface area contributed by atoms with Gasteiger partial charge >= 0.3 is 0 Å². The van der Waals surface area contributed by atoms with Gasteiger partial charge < -0.3 is 10.1 Å². The van der Waals surface area contributed by atoms with Crippen LogP contribution in [0.25, 0.3) is 0 Å². The summed E-state index contributed by atoms with van der Waals surface area (Å²) in [5, 5.41) is 2.74. The first-order valence-corrected chi connectivity index (χ1v) is 6.84. The second kappa shape index (κ2) is 9.78. The summed E-state index contributed by atoms with van der Waals surface area (Å²) < 4.78 is 5.57. The van der Waals surface area contributed by atoms with Gasteiger partial charge in [0.15, 0.2) is 0 Å². The number of unbranched alkanes of at least 4 members (excludes halogenated alkanes) is 3. The topological polar surface area (TPSA) is 55.4 Å². The van der Waals surface area contributed by atoms with Crippen molar-refractivity contribution in [2.24, 2.45) is 0 Å². The van der Waals surface area contributed by atoms with Gasteiger partial charge in [-0.25, -0.2) is 0 Å². The molecule has 0 atom stereocenters. The molecule has 0 bridgehead atoms. The van der Waals surface area contributed by atoms with Crippen molar-refractivity contribution in [3.05, 3.63) is 42.5 Å². The highest BCUT2D eigenvalue weighted by atomic mass is 16.5. The van der Waals surface area contributed by atoms with Crippen LogP contribution in [0.2, 0.25) is 0 Å². The number of rotatable bonds is 10. The van der Waals surface area contributed by atoms with Crippen molar-refractivity contribution < 1.29 is 14.3 Å². The molecule has 4 heteroatoms. The van der Waals surface area contributed by atoms with Crippen LogP contribution in [0.5, 0.6) is 5.75 Å². The summed E-state index contributed by atoms with van der Waals surface area (Å²) in [5.74, 6) is 0.668. The number of hydrogen-bond acceptors (Lipinski definition) is 3. The third kappa shape index (κ3) is 6.73. The lowest BCUT2D eigenvalue weighted by Gasteiger charge is -2.06. The number of hydrogen-bond donors (Lipinski definition) is 1. The van der Waals surface area contributed by atoms with Crippen molar-refractivity contribution in [3.8, 4) is 5.75 Å². The zero-order valence-electron chi connectivity index (χ0n) is 11.6. The number of nitrogens with one attached hydrogen (secondary N) is 1. The Morgan fingerprint density at radius 1 is 1.15 bits per heavy atom. The highest BCUT2D eigenvalue weighted by molar-refractivity contribution is 5.86. The number of aldehydes is 1. The summed E-state index contributed by atoms with van der Waals surface area (Å²) in [6.45, 7) is 4.75. The van der Waals surface area contributed by atoms with E-state index in [0.717, 1.165) is 37.7 Å². The minimum Gasteiger partial charge on any atom is -0.494 e. The minimum atomic E-state index is -0.118. The molecule has 0 unspecified atom stereocenters. The normalized spacial score (nSPS) is 9.80. The van der Waals surface area contributed by atoms with Gasteiger partial charge in [-0.05, 0) is 43.2 Å². The largest absolute Gasteiger partial charge is 0.494 e. The zero-order chi connectivity index (χ0) is 14.6. The average Bonchev–Trinajstić information content (AvgIpc) is 2.50. The molecular weight excluding hydrogens is 254 g/mol. The van der Waals surface area contributed by atoms with E-state index in [4.69, 9.17) is 4.74 Å². The van der Waals surface area contributed by atoms with Gasteiger partial charge in [-0.3, -0.25) is 9.59 Å². The molecular formula is C16H21NO3. The summed E-state index contributed by atoms with van der Waals surface area (Å²) in [4.78, 5) is 21.4. The van der Waals surface area contributed by atoms with Crippen LogP contribution in [0.3, 0.4) is 0 Å². The quantitative estimate of drug-likeness (QED) is 0.406. The van der Waals surface area contributed by atoms with Crippen molar-refractivity contribution in [1.29, 1.82) is 0 Å². The smallest absolute Gasteiger partial charge is 0.243 e. The molecule has 0 aliphatic carbocycles. The lowest BCUT2D eigenvalue weighted by Crippen LogP contribution is -2.21. The van der Waals surface area contributed by atoms with Gasteiger partial charge in [0.1, 0.15) is 12.0 Å². The predicted molar refractivity (Wildman–Crippen MR) is 79.0 cm³/mol. The lowest BCUT2D eigenvalue weighted by molar-refractivity contribution is -0.116. The van der Waals surface area contributed by atoms with E-state index in [1.165, 1.54) is 6.08 Å². The number of benzene rings is 1. The predicted octanol–water partition coefficient (Wildman–Crippen LogP) is 2.74. The molecule has 1 N–H and O–H groups in total. The molecule has 0 saturated heterocycles. The molecule has 0 aromatic heterocycles. The summed E-state index contributed by atoms with van der Waals surface area (Å²) in [7, 11) is 0. The van der Waals surface area contributed by atoms with Crippen LogP contribution in [0, 0.1) is 0 Å². The third-order valence-corrected chi connectivity index (χ3v) is 2.84. The number of carbonyl (C=O) groups is 2. The molecule has 0 aliphatic rings. The molecule has 1 rings (SSSR count). The van der Waals surface area contributed by atoms with Crippen LogP contribution < -0.4 is 10.1 Å². The van der Waals surface area contributed by atoms with Gasteiger partial charge in [0.25, 0.3) is 0 Å². The molecule has 0 fully saturated rings. The molecule has 0 radical (unpaired) electrons. The molecule has 1 aromatic rings. The van der Waals surface area contributed by atoms with Crippen molar-refractivity contribution in [3.63, 3.8) is 0 Å². The van der Waals surface area contributed by atoms with E-state index in [1.54, 1.807) is 24.3 Å². The maximum atomic E-state index is 10.9. The summed E-state index contributed by atoms with van der Waals surface area (Å²) in [6.07, 6.45) is 6.17. The maximum absolute atomic E-state index is 10.9. The van der Waals surface area contributed by atoms with E-state index < -0.39 is 0 Å². The Bertz CT molecular complexity index is 426. The van der Waals surface area contributed by atoms with Crippen LogP contribution in [0.4, 0.5) is 0 Å². The number of ether oxygens (including phenoxy) is 1. The second-order valence-corrected chi connectivity index (χ2v) is 4.44. The average molecular weight is 275 g/mol.